The second kappa shape index (κ2) is 12.5. The second-order valence-electron chi connectivity index (χ2n) is 8.17. The summed E-state index contributed by atoms with van der Waals surface area (Å²) in [6, 6.07) is 18.8. The van der Waals surface area contributed by atoms with E-state index in [1.165, 1.54) is 36.9 Å². The van der Waals surface area contributed by atoms with Gasteiger partial charge in [0.2, 0.25) is 5.91 Å². The third-order valence-electron chi connectivity index (χ3n) is 5.64. The van der Waals surface area contributed by atoms with Crippen molar-refractivity contribution in [2.24, 2.45) is 0 Å². The Morgan fingerprint density at radius 3 is 2.46 bits per heavy atom. The maximum Gasteiger partial charge on any atom is 0.273 e. The molecule has 0 radical (unpaired) electrons. The summed E-state index contributed by atoms with van der Waals surface area (Å²) in [5.74, 6) is 0.470. The lowest BCUT2D eigenvalue weighted by atomic mass is 10.1. The maximum atomic E-state index is 12.9. The highest BCUT2D eigenvalue weighted by Crippen LogP contribution is 2.25. The van der Waals surface area contributed by atoms with Crippen molar-refractivity contribution in [3.63, 3.8) is 0 Å². The first-order valence-electron chi connectivity index (χ1n) is 11.6. The Morgan fingerprint density at radius 2 is 1.79 bits per heavy atom. The van der Waals surface area contributed by atoms with Crippen molar-refractivity contribution in [1.82, 2.24) is 20.1 Å². The van der Waals surface area contributed by atoms with Gasteiger partial charge >= 0.3 is 0 Å². The number of methoxy groups -OCH3 is 1. The van der Waals surface area contributed by atoms with E-state index < -0.39 is 10.8 Å². The van der Waals surface area contributed by atoms with Gasteiger partial charge in [0.1, 0.15) is 5.75 Å². The molecule has 2 N–H and O–H groups in total. The number of hydrogen-bond acceptors (Lipinski definition) is 8. The second-order valence-corrected chi connectivity index (χ2v) is 10.0. The lowest BCUT2D eigenvalue weighted by molar-refractivity contribution is -0.385. The van der Waals surface area contributed by atoms with Crippen molar-refractivity contribution in [2.45, 2.75) is 18.6 Å². The maximum absolute atomic E-state index is 12.9. The van der Waals surface area contributed by atoms with Crippen LogP contribution >= 0.6 is 27.7 Å². The van der Waals surface area contributed by atoms with Gasteiger partial charge in [-0.2, -0.15) is 0 Å². The van der Waals surface area contributed by atoms with Crippen LogP contribution < -0.4 is 15.4 Å². The van der Waals surface area contributed by atoms with Gasteiger partial charge in [0.25, 0.3) is 11.6 Å². The summed E-state index contributed by atoms with van der Waals surface area (Å²) in [6.07, 6.45) is 0. The van der Waals surface area contributed by atoms with Crippen molar-refractivity contribution >= 4 is 50.9 Å². The number of thioether (sulfide) groups is 1. The first kappa shape index (κ1) is 27.8. The number of aromatic nitrogens is 3. The molecule has 13 heteroatoms. The van der Waals surface area contributed by atoms with E-state index in [0.717, 1.165) is 10.2 Å². The van der Waals surface area contributed by atoms with Crippen molar-refractivity contribution in [2.75, 3.05) is 18.2 Å². The summed E-state index contributed by atoms with van der Waals surface area (Å²) < 4.78 is 7.76. The molecule has 0 unspecified atom stereocenters. The smallest absolute Gasteiger partial charge is 0.273 e. The van der Waals surface area contributed by atoms with Crippen LogP contribution in [-0.2, 0) is 11.3 Å². The monoisotopic (exact) mass is 610 g/mol. The molecule has 11 nitrogen and oxygen atoms in total. The summed E-state index contributed by atoms with van der Waals surface area (Å²) in [5.41, 5.74) is 1.71. The molecular formula is C26H23BrN6O5S. The number of carbonyl (C=O) groups is 2. The lowest BCUT2D eigenvalue weighted by Gasteiger charge is -2.12. The van der Waals surface area contributed by atoms with E-state index in [1.807, 2.05) is 24.3 Å². The summed E-state index contributed by atoms with van der Waals surface area (Å²) in [4.78, 5) is 36.2. The Labute approximate surface area is 236 Å². The molecule has 0 atom stereocenters. The van der Waals surface area contributed by atoms with Crippen LogP contribution in [0.3, 0.4) is 0 Å². The molecule has 0 aliphatic rings. The van der Waals surface area contributed by atoms with E-state index in [4.69, 9.17) is 4.74 Å². The number of nitro benzene ring substituents is 1. The molecule has 4 aromatic rings. The number of nitro groups is 1. The van der Waals surface area contributed by atoms with Crippen molar-refractivity contribution < 1.29 is 19.2 Å². The van der Waals surface area contributed by atoms with Gasteiger partial charge in [-0.1, -0.05) is 33.8 Å². The fourth-order valence-electron chi connectivity index (χ4n) is 3.68. The number of nitrogens with zero attached hydrogens (tertiary/aromatic N) is 4. The third kappa shape index (κ3) is 6.81. The molecule has 0 spiro atoms. The highest BCUT2D eigenvalue weighted by molar-refractivity contribution is 9.10. The van der Waals surface area contributed by atoms with E-state index >= 15 is 0 Å². The van der Waals surface area contributed by atoms with E-state index in [2.05, 4.69) is 36.8 Å². The Morgan fingerprint density at radius 1 is 1.08 bits per heavy atom. The average Bonchev–Trinajstić information content (AvgIpc) is 3.34. The standard InChI is InChI=1S/C26H23BrN6O5S/c1-16-21(4-3-5-22(16)33(36)37)25(35)28-14-23-30-31-26(32(23)19-10-6-17(27)7-11-19)39-15-24(34)29-18-8-12-20(38-2)13-9-18/h3-13H,14-15H2,1-2H3,(H,28,35)(H,29,34). The molecule has 1 aromatic heterocycles. The number of carbonyl (C=O) groups excluding carboxylic acids is 2. The fourth-order valence-corrected chi connectivity index (χ4v) is 4.72. The predicted molar refractivity (Wildman–Crippen MR) is 150 cm³/mol. The number of halogens is 1. The number of benzene rings is 3. The molecule has 0 aliphatic heterocycles. The quantitative estimate of drug-likeness (QED) is 0.146. The molecule has 39 heavy (non-hydrogen) atoms. The van der Waals surface area contributed by atoms with Crippen LogP contribution in [0, 0.1) is 17.0 Å². The summed E-state index contributed by atoms with van der Waals surface area (Å²) in [7, 11) is 1.57. The van der Waals surface area contributed by atoms with Gasteiger partial charge in [-0.05, 0) is 61.5 Å². The largest absolute Gasteiger partial charge is 0.497 e. The minimum atomic E-state index is -0.523. The molecule has 2 amide bonds. The van der Waals surface area contributed by atoms with Crippen LogP contribution in [-0.4, -0.2) is 44.4 Å². The molecule has 0 saturated heterocycles. The Kier molecular flexibility index (Phi) is 8.94. The number of amides is 2. The van der Waals surface area contributed by atoms with E-state index in [9.17, 15) is 19.7 Å². The van der Waals surface area contributed by atoms with Gasteiger partial charge in [0, 0.05) is 33.0 Å². The zero-order valence-electron chi connectivity index (χ0n) is 20.9. The van der Waals surface area contributed by atoms with Crippen LogP contribution in [0.15, 0.2) is 76.4 Å². The Balaban J connectivity index is 1.51. The van der Waals surface area contributed by atoms with Gasteiger partial charge in [-0.15, -0.1) is 10.2 Å². The highest BCUT2D eigenvalue weighted by Gasteiger charge is 2.20. The van der Waals surface area contributed by atoms with Crippen molar-refractivity contribution in [3.05, 3.63) is 98.3 Å². The molecule has 200 valence electrons. The zero-order chi connectivity index (χ0) is 27.9. The SMILES string of the molecule is COc1ccc(NC(=O)CSc2nnc(CNC(=O)c3cccc([N+](=O)[O-])c3C)n2-c2ccc(Br)cc2)cc1. The summed E-state index contributed by atoms with van der Waals surface area (Å²) >= 11 is 4.62. The fraction of sp³-hybridized carbons (Fsp3) is 0.154. The molecular weight excluding hydrogens is 588 g/mol. The number of rotatable bonds is 10. The number of hydrogen-bond donors (Lipinski definition) is 2. The molecule has 1 heterocycles. The molecule has 3 aromatic carbocycles. The average molecular weight is 611 g/mol. The zero-order valence-corrected chi connectivity index (χ0v) is 23.3. The van der Waals surface area contributed by atoms with Gasteiger partial charge in [-0.25, -0.2) is 0 Å². The van der Waals surface area contributed by atoms with Gasteiger partial charge in [0.05, 0.1) is 24.3 Å². The molecule has 0 fully saturated rings. The highest BCUT2D eigenvalue weighted by atomic mass is 79.9. The molecule has 4 rings (SSSR count). The normalized spacial score (nSPS) is 10.6. The minimum Gasteiger partial charge on any atom is -0.497 e. The van der Waals surface area contributed by atoms with Crippen LogP contribution in [0.25, 0.3) is 5.69 Å². The van der Waals surface area contributed by atoms with E-state index in [0.29, 0.717) is 22.4 Å². The number of anilines is 1. The van der Waals surface area contributed by atoms with Gasteiger partial charge in [-0.3, -0.25) is 24.3 Å². The van der Waals surface area contributed by atoms with Crippen LogP contribution in [0.5, 0.6) is 5.75 Å². The topological polar surface area (TPSA) is 141 Å². The third-order valence-corrected chi connectivity index (χ3v) is 7.10. The first-order chi connectivity index (χ1) is 18.8. The van der Waals surface area contributed by atoms with Crippen LogP contribution in [0.4, 0.5) is 11.4 Å². The Hall–Kier alpha value is -4.23. The van der Waals surface area contributed by atoms with Crippen molar-refractivity contribution in [3.8, 4) is 11.4 Å². The predicted octanol–water partition coefficient (Wildman–Crippen LogP) is 4.92. The van der Waals surface area contributed by atoms with Crippen molar-refractivity contribution in [1.29, 1.82) is 0 Å². The summed E-state index contributed by atoms with van der Waals surface area (Å²) in [5, 5.41) is 25.8. The van der Waals surface area contributed by atoms with Gasteiger partial charge < -0.3 is 15.4 Å². The molecule has 0 aliphatic carbocycles. The Bertz CT molecular complexity index is 1510. The molecule has 0 bridgehead atoms. The lowest BCUT2D eigenvalue weighted by Crippen LogP contribution is -2.25. The van der Waals surface area contributed by atoms with Gasteiger partial charge in [0.15, 0.2) is 11.0 Å². The van der Waals surface area contributed by atoms with E-state index in [-0.39, 0.29) is 35.0 Å². The van der Waals surface area contributed by atoms with Crippen LogP contribution in [0.2, 0.25) is 0 Å². The van der Waals surface area contributed by atoms with E-state index in [1.54, 1.807) is 35.9 Å². The first-order valence-corrected chi connectivity index (χ1v) is 13.3. The molecule has 0 saturated carbocycles. The number of nitrogens with one attached hydrogen (secondary N) is 2. The number of ether oxygens (including phenoxy) is 1. The minimum absolute atomic E-state index is 0.00261. The summed E-state index contributed by atoms with van der Waals surface area (Å²) in [6.45, 7) is 1.53. The van der Waals surface area contributed by atoms with Crippen LogP contribution in [0.1, 0.15) is 21.7 Å².